The van der Waals surface area contributed by atoms with E-state index in [1.54, 1.807) is 14.2 Å². The maximum absolute atomic E-state index is 14.3. The Morgan fingerprint density at radius 2 is 1.35 bits per heavy atom. The Morgan fingerprint density at radius 1 is 0.726 bits per heavy atom. The molecule has 1 N–H and O–H groups in total. The molecule has 3 amide bonds. The highest BCUT2D eigenvalue weighted by molar-refractivity contribution is 8.77. The number of anilines is 3. The number of methoxy groups -OCH3 is 2. The topological polar surface area (TPSA) is 200 Å². The first kappa shape index (κ1) is 60.8. The molecular weight excluding hydrogens is 1130 g/mol. The molecule has 5 aliphatic rings. The fourth-order valence-electron chi connectivity index (χ4n) is 11.9. The van der Waals surface area contributed by atoms with Crippen LogP contribution in [0.4, 0.5) is 17.1 Å². The molecule has 0 aliphatic carbocycles. The molecule has 3 atom stereocenters. The second-order valence-corrected chi connectivity index (χ2v) is 27.3. The number of benzene rings is 5. The largest absolute Gasteiger partial charge is 0.493 e. The zero-order valence-corrected chi connectivity index (χ0v) is 50.8. The maximum atomic E-state index is 14.3. The number of nitrogens with zero attached hydrogens (tertiary/aromatic N) is 4. The smallest absolute Gasteiger partial charge is 0.353 e. The van der Waals surface area contributed by atoms with Crippen molar-refractivity contribution in [3.63, 3.8) is 0 Å². The summed E-state index contributed by atoms with van der Waals surface area (Å²) in [5.41, 5.74) is 12.5. The Balaban J connectivity index is 0.904. The van der Waals surface area contributed by atoms with E-state index in [0.29, 0.717) is 75.0 Å². The van der Waals surface area contributed by atoms with Crippen molar-refractivity contribution in [3.8, 4) is 17.2 Å². The number of ether oxygens (including phenoxy) is 6. The predicted octanol–water partition coefficient (Wildman–Crippen LogP) is 9.46. The van der Waals surface area contributed by atoms with Crippen molar-refractivity contribution in [2.24, 2.45) is 0 Å². The first-order valence-electron chi connectivity index (χ1n) is 28.7. The van der Waals surface area contributed by atoms with Gasteiger partial charge in [-0.1, -0.05) is 58.0 Å². The number of amides is 3. The third kappa shape index (κ3) is 14.3. The lowest BCUT2D eigenvalue weighted by atomic mass is 9.98. The van der Waals surface area contributed by atoms with Gasteiger partial charge in [-0.05, 0) is 165 Å². The molecule has 0 bridgehead atoms. The molecule has 18 nitrogen and oxygen atoms in total. The van der Waals surface area contributed by atoms with Crippen molar-refractivity contribution in [1.29, 1.82) is 0 Å². The van der Waals surface area contributed by atoms with Gasteiger partial charge >= 0.3 is 5.97 Å². The van der Waals surface area contributed by atoms with Crippen LogP contribution in [0.3, 0.4) is 0 Å². The van der Waals surface area contributed by atoms with E-state index in [1.165, 1.54) is 49.5 Å². The van der Waals surface area contributed by atoms with Gasteiger partial charge in [0.15, 0.2) is 16.7 Å². The van der Waals surface area contributed by atoms with Crippen molar-refractivity contribution in [2.75, 3.05) is 80.8 Å². The van der Waals surface area contributed by atoms with Gasteiger partial charge in [-0.25, -0.2) is 4.79 Å². The van der Waals surface area contributed by atoms with Gasteiger partial charge in [0.2, 0.25) is 0 Å². The summed E-state index contributed by atoms with van der Waals surface area (Å²) in [6.07, 6.45) is 4.68. The van der Waals surface area contributed by atoms with Crippen LogP contribution in [0.25, 0.3) is 0 Å². The molecule has 5 aromatic rings. The highest BCUT2D eigenvalue weighted by Gasteiger charge is 2.41. The number of imide groups is 1. The van der Waals surface area contributed by atoms with Crippen molar-refractivity contribution in [3.05, 3.63) is 141 Å². The van der Waals surface area contributed by atoms with Gasteiger partial charge in [-0.3, -0.25) is 18.9 Å². The van der Waals surface area contributed by atoms with E-state index < -0.39 is 37.9 Å². The first-order chi connectivity index (χ1) is 40.5. The van der Waals surface area contributed by atoms with Gasteiger partial charge < -0.3 is 48.0 Å². The minimum Gasteiger partial charge on any atom is -0.493 e. The number of rotatable bonds is 27. The van der Waals surface area contributed by atoms with Crippen LogP contribution >= 0.6 is 21.6 Å². The molecule has 0 radical (unpaired) electrons. The molecule has 0 aromatic heterocycles. The lowest BCUT2D eigenvalue weighted by molar-refractivity contribution is -0.197. The van der Waals surface area contributed by atoms with Crippen molar-refractivity contribution in [1.82, 2.24) is 5.06 Å². The molecule has 448 valence electrons. The van der Waals surface area contributed by atoms with Crippen LogP contribution in [0.5, 0.6) is 17.2 Å². The molecule has 5 heterocycles. The molecule has 10 rings (SSSR count). The van der Waals surface area contributed by atoms with Gasteiger partial charge in [0.25, 0.3) is 27.8 Å². The summed E-state index contributed by atoms with van der Waals surface area (Å²) in [7, 11) is 1.12. The average Bonchev–Trinajstić information content (AvgIpc) is 4.15. The SMILES string of the molecule is COCCOCCOCCN(CC(C)(C)SSCCC(C(=O)ON1C(=O)CCC1=O)S(=O)(=O)O)c1cc(COc2cc3c(cc2C)C(=O)N2c4ccccc4C[C@H]2CC3)cc(COc2cc3c(cc2OC)CN2c4ccccc4C[C@H]2CC3)c1. The number of carbonyl (C=O) groups is 4. The van der Waals surface area contributed by atoms with Crippen LogP contribution in [0.2, 0.25) is 0 Å². The maximum Gasteiger partial charge on any atom is 0.353 e. The average molecular weight is 1210 g/mol. The minimum atomic E-state index is -4.96. The minimum absolute atomic E-state index is 0.0150. The fraction of sp³-hybridized carbons (Fsp3) is 0.460. The molecule has 1 fully saturated rings. The van der Waals surface area contributed by atoms with Gasteiger partial charge in [0.05, 0.1) is 40.1 Å². The van der Waals surface area contributed by atoms with E-state index >= 15 is 0 Å². The number of aryl methyl sites for hydroxylation is 3. The number of para-hydroxylation sites is 2. The van der Waals surface area contributed by atoms with Gasteiger partial charge in [-0.15, -0.1) is 5.06 Å². The number of fused-ring (bicyclic) bond motifs is 8. The Morgan fingerprint density at radius 3 is 2.06 bits per heavy atom. The quantitative estimate of drug-likeness (QED) is 0.0225. The highest BCUT2D eigenvalue weighted by Crippen LogP contribution is 2.43. The van der Waals surface area contributed by atoms with Gasteiger partial charge in [0.1, 0.15) is 19.0 Å². The Kier molecular flexibility index (Phi) is 19.5. The first-order valence-corrected chi connectivity index (χ1v) is 32.5. The summed E-state index contributed by atoms with van der Waals surface area (Å²) < 4.78 is 70.9. The molecule has 84 heavy (non-hydrogen) atoms. The lowest BCUT2D eigenvalue weighted by Gasteiger charge is -2.34. The van der Waals surface area contributed by atoms with E-state index in [4.69, 9.17) is 33.3 Å². The normalized spacial score (nSPS) is 17.6. The zero-order chi connectivity index (χ0) is 59.1. The standard InChI is InChI=1S/C63H74N4O14S3/c1-41-28-52-45(15-17-50-33-47-11-7-9-13-54(47)66(50)61(52)70)35-55(41)79-38-42-29-43(39-80-57-34-44-14-16-49-32-46-10-6-8-12-53(46)65(49)37-48(44)36-56(57)76-5)31-51(30-42)64(21-22-77-25-26-78-24-23-75-4)40-63(2,3)83-82-27-20-58(84(72,73)74)62(71)81-67-59(68)18-19-60(67)69/h6-13,28-31,34-36,49-50,58H,14-27,32-33,37-40H2,1-5H3,(H,72,73,74)/t49-,50-,58?/m1/s1. The van der Waals surface area contributed by atoms with Crippen LogP contribution in [-0.2, 0) is 89.0 Å². The second kappa shape index (κ2) is 26.9. The lowest BCUT2D eigenvalue weighted by Crippen LogP contribution is -2.40. The molecule has 5 aromatic carbocycles. The van der Waals surface area contributed by atoms with Crippen LogP contribution in [-0.4, -0.2) is 130 Å². The molecular formula is C63H74N4O14S3. The number of carbonyl (C=O) groups excluding carboxylic acids is 4. The molecule has 1 unspecified atom stereocenters. The highest BCUT2D eigenvalue weighted by atomic mass is 33.1. The summed E-state index contributed by atoms with van der Waals surface area (Å²) in [5.74, 6) is -0.826. The fourth-order valence-corrected chi connectivity index (χ4v) is 15.3. The van der Waals surface area contributed by atoms with Crippen LogP contribution in [0.1, 0.15) is 101 Å². The summed E-state index contributed by atoms with van der Waals surface area (Å²) in [6.45, 7) is 10.2. The second-order valence-electron chi connectivity index (χ2n) is 22.6. The third-order valence-electron chi connectivity index (χ3n) is 16.1. The number of hydroxylamine groups is 2. The van der Waals surface area contributed by atoms with E-state index in [2.05, 4.69) is 84.3 Å². The van der Waals surface area contributed by atoms with Crippen LogP contribution in [0.15, 0.2) is 91.0 Å². The van der Waals surface area contributed by atoms with Crippen molar-refractivity contribution >= 4 is 72.5 Å². The summed E-state index contributed by atoms with van der Waals surface area (Å²) in [4.78, 5) is 63.2. The summed E-state index contributed by atoms with van der Waals surface area (Å²) in [5, 5.41) is -1.74. The number of hydrogen-bond acceptors (Lipinski definition) is 17. The van der Waals surface area contributed by atoms with Crippen molar-refractivity contribution in [2.45, 2.75) is 120 Å². The molecule has 1 saturated heterocycles. The summed E-state index contributed by atoms with van der Waals surface area (Å²) >= 11 is 0. The van der Waals surface area contributed by atoms with E-state index in [0.717, 1.165) is 78.7 Å². The van der Waals surface area contributed by atoms with E-state index in [1.807, 2.05) is 42.2 Å². The Bertz CT molecular complexity index is 3340. The van der Waals surface area contributed by atoms with Crippen molar-refractivity contribution < 1.29 is 65.4 Å². The monoisotopic (exact) mass is 1210 g/mol. The van der Waals surface area contributed by atoms with E-state index in [9.17, 15) is 32.1 Å². The molecule has 5 aliphatic heterocycles. The zero-order valence-electron chi connectivity index (χ0n) is 48.3. The van der Waals surface area contributed by atoms with Gasteiger partial charge in [0, 0.05) is 84.8 Å². The Hall–Kier alpha value is -6.33. The molecule has 0 spiro atoms. The summed E-state index contributed by atoms with van der Waals surface area (Å²) in [6, 6.07) is 31.9. The molecule has 21 heteroatoms. The van der Waals surface area contributed by atoms with E-state index in [-0.39, 0.29) is 55.2 Å². The third-order valence-corrected chi connectivity index (χ3v) is 20.5. The number of hydrogen-bond donors (Lipinski definition) is 1. The van der Waals surface area contributed by atoms with Crippen LogP contribution < -0.4 is 28.9 Å². The predicted molar refractivity (Wildman–Crippen MR) is 324 cm³/mol. The van der Waals surface area contributed by atoms with Gasteiger partial charge in [-0.2, -0.15) is 8.42 Å². The molecule has 0 saturated carbocycles. The van der Waals surface area contributed by atoms with Crippen LogP contribution in [0, 0.1) is 6.92 Å². The Labute approximate surface area is 499 Å².